The van der Waals surface area contributed by atoms with Crippen LogP contribution in [0.1, 0.15) is 21.7 Å². The molecule has 0 saturated carbocycles. The summed E-state index contributed by atoms with van der Waals surface area (Å²) in [6.45, 7) is 3.81. The Bertz CT molecular complexity index is 798. The Morgan fingerprint density at radius 3 is 2.24 bits per heavy atom. The number of fused-ring (bicyclic) bond motifs is 1. The van der Waals surface area contributed by atoms with Crippen LogP contribution in [0.15, 0.2) is 18.2 Å². The number of carbonyl (C=O) groups excluding carboxylic acids is 1. The lowest BCUT2D eigenvalue weighted by molar-refractivity contribution is -0.148. The van der Waals surface area contributed by atoms with Crippen LogP contribution in [0.3, 0.4) is 0 Å². The monoisotopic (exact) mass is 352 g/mol. The summed E-state index contributed by atoms with van der Waals surface area (Å²) in [5, 5.41) is 0. The standard InChI is InChI=1S/C17H19F3N4O/c1-11-12(2)22-15-9-13(3-4-14(15)21-11)16(25)24-7-5-23(6-8-24)10-17(18,19)20/h3-4,9H,5-8,10H2,1-2H3. The average Bonchev–Trinajstić information content (AvgIpc) is 2.54. The molecule has 5 nitrogen and oxygen atoms in total. The molecular weight excluding hydrogens is 333 g/mol. The van der Waals surface area contributed by atoms with Gasteiger partial charge >= 0.3 is 6.18 Å². The van der Waals surface area contributed by atoms with E-state index >= 15 is 0 Å². The normalized spacial score (nSPS) is 16.4. The lowest BCUT2D eigenvalue weighted by Crippen LogP contribution is -2.50. The molecule has 134 valence electrons. The predicted octanol–water partition coefficient (Wildman–Crippen LogP) is 2.57. The first-order valence-electron chi connectivity index (χ1n) is 8.06. The van der Waals surface area contributed by atoms with Gasteiger partial charge in [0.15, 0.2) is 0 Å². The molecule has 0 atom stereocenters. The Kier molecular flexibility index (Phi) is 4.64. The van der Waals surface area contributed by atoms with Gasteiger partial charge < -0.3 is 4.90 Å². The largest absolute Gasteiger partial charge is 0.401 e. The summed E-state index contributed by atoms with van der Waals surface area (Å²) in [4.78, 5) is 24.4. The predicted molar refractivity (Wildman–Crippen MR) is 87.4 cm³/mol. The van der Waals surface area contributed by atoms with Crippen LogP contribution in [0, 0.1) is 13.8 Å². The zero-order valence-electron chi connectivity index (χ0n) is 14.1. The number of halogens is 3. The maximum atomic E-state index is 12.6. The third kappa shape index (κ3) is 4.07. The first-order valence-corrected chi connectivity index (χ1v) is 8.06. The molecule has 3 rings (SSSR count). The lowest BCUT2D eigenvalue weighted by atomic mass is 10.1. The number of hydrogen-bond acceptors (Lipinski definition) is 4. The molecule has 0 unspecified atom stereocenters. The number of carbonyl (C=O) groups is 1. The molecule has 1 fully saturated rings. The van der Waals surface area contributed by atoms with Crippen molar-refractivity contribution in [2.24, 2.45) is 0 Å². The molecule has 2 heterocycles. The van der Waals surface area contributed by atoms with Gasteiger partial charge in [-0.1, -0.05) is 0 Å². The van der Waals surface area contributed by atoms with Crippen molar-refractivity contribution in [2.45, 2.75) is 20.0 Å². The summed E-state index contributed by atoms with van der Waals surface area (Å²) in [6, 6.07) is 5.14. The topological polar surface area (TPSA) is 49.3 Å². The van der Waals surface area contributed by atoms with Gasteiger partial charge in [0, 0.05) is 31.7 Å². The van der Waals surface area contributed by atoms with Gasteiger partial charge in [0.1, 0.15) is 0 Å². The molecule has 1 amide bonds. The Labute approximate surface area is 143 Å². The number of benzene rings is 1. The van der Waals surface area contributed by atoms with Crippen LogP contribution >= 0.6 is 0 Å². The van der Waals surface area contributed by atoms with Gasteiger partial charge in [-0.05, 0) is 32.0 Å². The summed E-state index contributed by atoms with van der Waals surface area (Å²) in [7, 11) is 0. The van der Waals surface area contributed by atoms with Gasteiger partial charge in [-0.2, -0.15) is 13.2 Å². The fraction of sp³-hybridized carbons (Fsp3) is 0.471. The molecule has 1 saturated heterocycles. The van der Waals surface area contributed by atoms with Crippen molar-refractivity contribution in [1.82, 2.24) is 19.8 Å². The quantitative estimate of drug-likeness (QED) is 0.834. The van der Waals surface area contributed by atoms with Crippen molar-refractivity contribution in [2.75, 3.05) is 32.7 Å². The van der Waals surface area contributed by atoms with Crippen LogP contribution in [-0.2, 0) is 0 Å². The molecule has 2 aromatic rings. The highest BCUT2D eigenvalue weighted by Crippen LogP contribution is 2.19. The van der Waals surface area contributed by atoms with E-state index in [0.29, 0.717) is 11.1 Å². The number of amides is 1. The molecule has 1 aromatic heterocycles. The first-order chi connectivity index (χ1) is 11.7. The SMILES string of the molecule is Cc1nc2ccc(C(=O)N3CCN(CC(F)(F)F)CC3)cc2nc1C. The van der Waals surface area contributed by atoms with Crippen LogP contribution < -0.4 is 0 Å². The molecular formula is C17H19F3N4O. The van der Waals surface area contributed by atoms with Gasteiger partial charge in [-0.3, -0.25) is 9.69 Å². The number of aromatic nitrogens is 2. The first kappa shape index (κ1) is 17.6. The number of piperazine rings is 1. The maximum Gasteiger partial charge on any atom is 0.401 e. The van der Waals surface area contributed by atoms with Crippen LogP contribution in [0.25, 0.3) is 11.0 Å². The van der Waals surface area contributed by atoms with Crippen LogP contribution in [0.2, 0.25) is 0 Å². The highest BCUT2D eigenvalue weighted by molar-refractivity contribution is 5.97. The van der Waals surface area contributed by atoms with Crippen LogP contribution in [0.5, 0.6) is 0 Å². The fourth-order valence-corrected chi connectivity index (χ4v) is 2.91. The highest BCUT2D eigenvalue weighted by atomic mass is 19.4. The fourth-order valence-electron chi connectivity index (χ4n) is 2.91. The Balaban J connectivity index is 1.71. The van der Waals surface area contributed by atoms with Crippen molar-refractivity contribution in [3.05, 3.63) is 35.2 Å². The minimum absolute atomic E-state index is 0.186. The molecule has 1 aliphatic rings. The summed E-state index contributed by atoms with van der Waals surface area (Å²) in [5.41, 5.74) is 3.49. The molecule has 0 bridgehead atoms. The van der Waals surface area contributed by atoms with E-state index in [9.17, 15) is 18.0 Å². The van der Waals surface area contributed by atoms with E-state index in [4.69, 9.17) is 0 Å². The van der Waals surface area contributed by atoms with E-state index in [1.54, 1.807) is 23.1 Å². The average molecular weight is 352 g/mol. The molecule has 0 radical (unpaired) electrons. The Hall–Kier alpha value is -2.22. The lowest BCUT2D eigenvalue weighted by Gasteiger charge is -2.35. The Morgan fingerprint density at radius 2 is 1.64 bits per heavy atom. The molecule has 1 aliphatic heterocycles. The van der Waals surface area contributed by atoms with Crippen molar-refractivity contribution in [3.63, 3.8) is 0 Å². The van der Waals surface area contributed by atoms with E-state index < -0.39 is 12.7 Å². The minimum Gasteiger partial charge on any atom is -0.336 e. The molecule has 0 aliphatic carbocycles. The van der Waals surface area contributed by atoms with E-state index in [1.165, 1.54) is 4.90 Å². The van der Waals surface area contributed by atoms with Gasteiger partial charge in [0.05, 0.1) is 29.0 Å². The van der Waals surface area contributed by atoms with Crippen LogP contribution in [0.4, 0.5) is 13.2 Å². The summed E-state index contributed by atoms with van der Waals surface area (Å²) >= 11 is 0. The smallest absolute Gasteiger partial charge is 0.336 e. The van der Waals surface area contributed by atoms with Crippen molar-refractivity contribution in [3.8, 4) is 0 Å². The number of nitrogens with zero attached hydrogens (tertiary/aromatic N) is 4. The van der Waals surface area contributed by atoms with Gasteiger partial charge in [0.2, 0.25) is 0 Å². The van der Waals surface area contributed by atoms with Gasteiger partial charge in [-0.25, -0.2) is 9.97 Å². The van der Waals surface area contributed by atoms with E-state index in [2.05, 4.69) is 9.97 Å². The molecule has 1 aromatic carbocycles. The zero-order chi connectivity index (χ0) is 18.2. The van der Waals surface area contributed by atoms with Gasteiger partial charge in [-0.15, -0.1) is 0 Å². The second kappa shape index (κ2) is 6.59. The van der Waals surface area contributed by atoms with Crippen molar-refractivity contribution in [1.29, 1.82) is 0 Å². The van der Waals surface area contributed by atoms with E-state index in [1.807, 2.05) is 13.8 Å². The van der Waals surface area contributed by atoms with Crippen molar-refractivity contribution >= 4 is 16.9 Å². The number of alkyl halides is 3. The minimum atomic E-state index is -4.21. The zero-order valence-corrected chi connectivity index (χ0v) is 14.1. The second-order valence-corrected chi connectivity index (χ2v) is 6.28. The Morgan fingerprint density at radius 1 is 1.04 bits per heavy atom. The summed E-state index contributed by atoms with van der Waals surface area (Å²) in [6.07, 6.45) is -4.21. The molecule has 0 N–H and O–H groups in total. The van der Waals surface area contributed by atoms with Gasteiger partial charge in [0.25, 0.3) is 5.91 Å². The molecule has 0 spiro atoms. The number of aryl methyl sites for hydroxylation is 2. The molecule has 25 heavy (non-hydrogen) atoms. The third-order valence-electron chi connectivity index (χ3n) is 4.38. The number of hydrogen-bond donors (Lipinski definition) is 0. The van der Waals surface area contributed by atoms with Crippen molar-refractivity contribution < 1.29 is 18.0 Å². The number of rotatable bonds is 2. The maximum absolute atomic E-state index is 12.6. The molecule has 8 heteroatoms. The third-order valence-corrected chi connectivity index (χ3v) is 4.38. The summed E-state index contributed by atoms with van der Waals surface area (Å²) < 4.78 is 37.3. The second-order valence-electron chi connectivity index (χ2n) is 6.28. The highest BCUT2D eigenvalue weighted by Gasteiger charge is 2.33. The van der Waals surface area contributed by atoms with E-state index in [0.717, 1.165) is 16.9 Å². The van der Waals surface area contributed by atoms with Crippen LogP contribution in [-0.4, -0.2) is 64.6 Å². The summed E-state index contributed by atoms with van der Waals surface area (Å²) in [5.74, 6) is -0.186. The van der Waals surface area contributed by atoms with E-state index in [-0.39, 0.29) is 32.1 Å².